The molecule has 0 aromatic carbocycles. The van der Waals surface area contributed by atoms with Gasteiger partial charge in [0.2, 0.25) is 5.91 Å². The lowest BCUT2D eigenvalue weighted by Crippen LogP contribution is -2.46. The highest BCUT2D eigenvalue weighted by Crippen LogP contribution is 2.27. The minimum atomic E-state index is 0.171. The highest BCUT2D eigenvalue weighted by molar-refractivity contribution is 5.77. The lowest BCUT2D eigenvalue weighted by molar-refractivity contribution is -0.122. The van der Waals surface area contributed by atoms with Gasteiger partial charge in [0.15, 0.2) is 0 Å². The largest absolute Gasteiger partial charge is 0.355 e. The summed E-state index contributed by atoms with van der Waals surface area (Å²) >= 11 is 0. The van der Waals surface area contributed by atoms with Crippen LogP contribution in [0.2, 0.25) is 0 Å². The number of hydrogen-bond donors (Lipinski definition) is 2. The van der Waals surface area contributed by atoms with Gasteiger partial charge in [0.05, 0.1) is 6.54 Å². The van der Waals surface area contributed by atoms with Crippen molar-refractivity contribution < 1.29 is 4.79 Å². The summed E-state index contributed by atoms with van der Waals surface area (Å²) in [6.07, 6.45) is 2.58. The third-order valence-electron chi connectivity index (χ3n) is 3.71. The first-order valence-corrected chi connectivity index (χ1v) is 7.12. The molecule has 2 aliphatic rings. The Morgan fingerprint density at radius 3 is 2.78 bits per heavy atom. The molecule has 1 saturated carbocycles. The van der Waals surface area contributed by atoms with E-state index in [2.05, 4.69) is 20.4 Å². The van der Waals surface area contributed by atoms with E-state index in [0.29, 0.717) is 6.54 Å². The van der Waals surface area contributed by atoms with E-state index in [1.165, 1.54) is 12.8 Å². The van der Waals surface area contributed by atoms with Crippen molar-refractivity contribution in [2.24, 2.45) is 5.92 Å². The molecule has 1 heterocycles. The molecule has 2 N–H and O–H groups in total. The minimum absolute atomic E-state index is 0.171. The molecule has 1 amide bonds. The number of piperazine rings is 1. The molecular formula is C13H26N4O. The molecule has 5 nitrogen and oxygen atoms in total. The van der Waals surface area contributed by atoms with Gasteiger partial charge in [-0.1, -0.05) is 0 Å². The summed E-state index contributed by atoms with van der Waals surface area (Å²) in [5.74, 6) is 0.935. The smallest absolute Gasteiger partial charge is 0.234 e. The highest BCUT2D eigenvalue weighted by atomic mass is 16.2. The average Bonchev–Trinajstić information content (AvgIpc) is 3.19. The van der Waals surface area contributed by atoms with Crippen LogP contribution in [0.15, 0.2) is 0 Å². The van der Waals surface area contributed by atoms with Crippen LogP contribution in [0, 0.1) is 5.92 Å². The standard InChI is InChI=1S/C13H26N4O/c1-16(8-9-17-6-4-14-5-7-17)11-13(18)15-10-12-2-3-12/h12,14H,2-11H2,1H3,(H,15,18). The molecule has 0 aromatic rings. The van der Waals surface area contributed by atoms with E-state index in [1.807, 2.05) is 7.05 Å². The molecule has 18 heavy (non-hydrogen) atoms. The molecule has 1 aliphatic heterocycles. The van der Waals surface area contributed by atoms with Crippen molar-refractivity contribution in [1.29, 1.82) is 0 Å². The van der Waals surface area contributed by atoms with E-state index in [9.17, 15) is 4.79 Å². The number of amides is 1. The molecule has 2 fully saturated rings. The Morgan fingerprint density at radius 2 is 2.11 bits per heavy atom. The van der Waals surface area contributed by atoms with Gasteiger partial charge in [-0.05, 0) is 25.8 Å². The number of nitrogens with zero attached hydrogens (tertiary/aromatic N) is 2. The van der Waals surface area contributed by atoms with Crippen LogP contribution in [0.4, 0.5) is 0 Å². The monoisotopic (exact) mass is 254 g/mol. The molecule has 0 bridgehead atoms. The Kier molecular flexibility index (Phi) is 5.41. The van der Waals surface area contributed by atoms with E-state index in [-0.39, 0.29) is 5.91 Å². The van der Waals surface area contributed by atoms with Crippen LogP contribution >= 0.6 is 0 Å². The van der Waals surface area contributed by atoms with E-state index < -0.39 is 0 Å². The second-order valence-corrected chi connectivity index (χ2v) is 5.58. The summed E-state index contributed by atoms with van der Waals surface area (Å²) in [5.41, 5.74) is 0. The van der Waals surface area contributed by atoms with Crippen molar-refractivity contribution in [1.82, 2.24) is 20.4 Å². The second kappa shape index (κ2) is 7.07. The molecule has 0 atom stereocenters. The van der Waals surface area contributed by atoms with Crippen molar-refractivity contribution in [2.75, 3.05) is 59.4 Å². The summed E-state index contributed by atoms with van der Waals surface area (Å²) < 4.78 is 0. The quantitative estimate of drug-likeness (QED) is 0.634. The molecule has 1 aliphatic carbocycles. The van der Waals surface area contributed by atoms with Crippen molar-refractivity contribution in [3.63, 3.8) is 0 Å². The molecule has 104 valence electrons. The van der Waals surface area contributed by atoms with Gasteiger partial charge in [0.25, 0.3) is 0 Å². The van der Waals surface area contributed by atoms with E-state index >= 15 is 0 Å². The Hall–Kier alpha value is -0.650. The number of carbonyl (C=O) groups excluding carboxylic acids is 1. The van der Waals surface area contributed by atoms with Crippen LogP contribution in [-0.2, 0) is 4.79 Å². The SMILES string of the molecule is CN(CCN1CCNCC1)CC(=O)NCC1CC1. The predicted octanol–water partition coefficient (Wildman–Crippen LogP) is -0.650. The molecule has 0 aromatic heterocycles. The first kappa shape index (κ1) is 13.8. The van der Waals surface area contributed by atoms with Gasteiger partial charge in [-0.25, -0.2) is 0 Å². The van der Waals surface area contributed by atoms with Crippen LogP contribution in [-0.4, -0.2) is 75.1 Å². The zero-order valence-corrected chi connectivity index (χ0v) is 11.5. The molecule has 5 heteroatoms. The minimum Gasteiger partial charge on any atom is -0.355 e. The zero-order chi connectivity index (χ0) is 12.8. The Balaban J connectivity index is 1.52. The molecule has 0 radical (unpaired) electrons. The zero-order valence-electron chi connectivity index (χ0n) is 11.5. The van der Waals surface area contributed by atoms with Crippen LogP contribution in [0.5, 0.6) is 0 Å². The maximum atomic E-state index is 11.7. The number of carbonyl (C=O) groups is 1. The Bertz CT molecular complexity index is 262. The molecule has 0 spiro atoms. The van der Waals surface area contributed by atoms with Crippen LogP contribution < -0.4 is 10.6 Å². The summed E-state index contributed by atoms with van der Waals surface area (Å²) in [6.45, 7) is 7.87. The van der Waals surface area contributed by atoms with Gasteiger partial charge in [0.1, 0.15) is 0 Å². The van der Waals surface area contributed by atoms with Crippen LogP contribution in [0.1, 0.15) is 12.8 Å². The predicted molar refractivity (Wildman–Crippen MR) is 72.5 cm³/mol. The normalized spacial score (nSPS) is 21.2. The molecule has 2 rings (SSSR count). The topological polar surface area (TPSA) is 47.6 Å². The van der Waals surface area contributed by atoms with Gasteiger partial charge in [-0.15, -0.1) is 0 Å². The third kappa shape index (κ3) is 5.33. The Labute approximate surface area is 110 Å². The van der Waals surface area contributed by atoms with Gasteiger partial charge in [-0.2, -0.15) is 0 Å². The van der Waals surface area contributed by atoms with Crippen molar-refractivity contribution in [2.45, 2.75) is 12.8 Å². The van der Waals surface area contributed by atoms with Crippen molar-refractivity contribution >= 4 is 5.91 Å². The van der Waals surface area contributed by atoms with E-state index in [4.69, 9.17) is 0 Å². The van der Waals surface area contributed by atoms with E-state index in [0.717, 1.165) is 51.7 Å². The fourth-order valence-corrected chi connectivity index (χ4v) is 2.21. The third-order valence-corrected chi connectivity index (χ3v) is 3.71. The van der Waals surface area contributed by atoms with Gasteiger partial charge >= 0.3 is 0 Å². The number of rotatable bonds is 7. The fourth-order valence-electron chi connectivity index (χ4n) is 2.21. The second-order valence-electron chi connectivity index (χ2n) is 5.58. The average molecular weight is 254 g/mol. The first-order valence-electron chi connectivity index (χ1n) is 7.12. The molecular weight excluding hydrogens is 228 g/mol. The number of hydrogen-bond acceptors (Lipinski definition) is 4. The fraction of sp³-hybridized carbons (Fsp3) is 0.923. The molecule has 1 saturated heterocycles. The summed E-state index contributed by atoms with van der Waals surface area (Å²) in [5, 5.41) is 6.36. The van der Waals surface area contributed by atoms with Crippen LogP contribution in [0.25, 0.3) is 0 Å². The summed E-state index contributed by atoms with van der Waals surface area (Å²) in [6, 6.07) is 0. The maximum absolute atomic E-state index is 11.7. The van der Waals surface area contributed by atoms with Crippen molar-refractivity contribution in [3.05, 3.63) is 0 Å². The Morgan fingerprint density at radius 1 is 1.39 bits per heavy atom. The summed E-state index contributed by atoms with van der Waals surface area (Å²) in [7, 11) is 2.03. The first-order chi connectivity index (χ1) is 8.74. The molecule has 0 unspecified atom stereocenters. The van der Waals surface area contributed by atoms with Crippen molar-refractivity contribution in [3.8, 4) is 0 Å². The lowest BCUT2D eigenvalue weighted by Gasteiger charge is -2.28. The van der Waals surface area contributed by atoms with E-state index in [1.54, 1.807) is 0 Å². The van der Waals surface area contributed by atoms with Crippen LogP contribution in [0.3, 0.4) is 0 Å². The lowest BCUT2D eigenvalue weighted by atomic mass is 10.3. The van der Waals surface area contributed by atoms with Gasteiger partial charge in [0, 0.05) is 45.8 Å². The van der Waals surface area contributed by atoms with Gasteiger partial charge in [-0.3, -0.25) is 14.6 Å². The highest BCUT2D eigenvalue weighted by Gasteiger charge is 2.21. The summed E-state index contributed by atoms with van der Waals surface area (Å²) in [4.78, 5) is 16.2. The van der Waals surface area contributed by atoms with Gasteiger partial charge < -0.3 is 10.6 Å². The number of nitrogens with one attached hydrogen (secondary N) is 2. The number of likely N-dealkylation sites (N-methyl/N-ethyl adjacent to an activating group) is 1. The maximum Gasteiger partial charge on any atom is 0.234 e.